The van der Waals surface area contributed by atoms with Crippen LogP contribution in [0.4, 0.5) is 45.5 Å². The number of benzene rings is 3. The number of carbonyl (C=O) groups is 2. The van der Waals surface area contributed by atoms with Crippen molar-refractivity contribution < 1.29 is 58.8 Å². The molecule has 0 aliphatic heterocycles. The number of anilines is 2. The van der Waals surface area contributed by atoms with Gasteiger partial charge in [-0.05, 0) is 31.0 Å². The Morgan fingerprint density at radius 2 is 0.808 bits per heavy atom. The molecule has 0 saturated heterocycles. The van der Waals surface area contributed by atoms with E-state index in [1.165, 1.54) is 0 Å². The van der Waals surface area contributed by atoms with Gasteiger partial charge in [0, 0.05) is 11.4 Å². The molecule has 0 aliphatic rings. The van der Waals surface area contributed by atoms with E-state index in [0.717, 1.165) is 0 Å². The minimum atomic E-state index is -1.21. The highest BCUT2D eigenvalue weighted by Gasteiger charge is 2.31. The normalized spacial score (nSPS) is 9.88. The van der Waals surface area contributed by atoms with E-state index < -0.39 is 75.2 Å². The van der Waals surface area contributed by atoms with Crippen molar-refractivity contribution in [3.63, 3.8) is 0 Å². The van der Waals surface area contributed by atoms with Gasteiger partial charge in [-0.2, -0.15) is 0 Å². The third-order valence-electron chi connectivity index (χ3n) is 6.00. The maximum absolute atomic E-state index is 11.5. The lowest BCUT2D eigenvalue weighted by atomic mass is 10.0. The van der Waals surface area contributed by atoms with E-state index in [1.54, 1.807) is 26.0 Å². The molecular formula is C26H26N8O18. The molecule has 0 aliphatic carbocycles. The van der Waals surface area contributed by atoms with Gasteiger partial charge in [0.15, 0.2) is 0 Å². The summed E-state index contributed by atoms with van der Waals surface area (Å²) in [5.41, 5.74) is 7.64. The molecule has 0 radical (unpaired) electrons. The number of esters is 2. The van der Waals surface area contributed by atoms with Crippen LogP contribution in [0.15, 0.2) is 36.4 Å². The molecule has 0 fully saturated rings. The van der Waals surface area contributed by atoms with Crippen LogP contribution in [-0.4, -0.2) is 64.9 Å². The maximum Gasteiger partial charge on any atom is 0.324 e. The molecule has 0 saturated carbocycles. The van der Waals surface area contributed by atoms with Crippen LogP contribution >= 0.6 is 0 Å². The van der Waals surface area contributed by atoms with Gasteiger partial charge >= 0.3 is 34.7 Å². The van der Waals surface area contributed by atoms with Crippen LogP contribution < -0.4 is 11.5 Å². The predicted octanol–water partition coefficient (Wildman–Crippen LogP) is 3.30. The van der Waals surface area contributed by atoms with E-state index in [-0.39, 0.29) is 24.8 Å². The Kier molecular flexibility index (Phi) is 15.2. The largest absolute Gasteiger partial charge is 0.497 e. The zero-order valence-corrected chi connectivity index (χ0v) is 26.6. The molecule has 26 nitrogen and oxygen atoms in total. The summed E-state index contributed by atoms with van der Waals surface area (Å²) in [6, 6.07) is 4.98. The quantitative estimate of drug-likeness (QED) is 0.0895. The Balaban J connectivity index is 0.000000394. The number of nitrogen functional groups attached to an aromatic ring is 2. The van der Waals surface area contributed by atoms with E-state index in [1.807, 2.05) is 0 Å². The first-order chi connectivity index (χ1) is 24.2. The van der Waals surface area contributed by atoms with E-state index >= 15 is 0 Å². The van der Waals surface area contributed by atoms with Gasteiger partial charge in [-0.15, -0.1) is 0 Å². The summed E-state index contributed by atoms with van der Waals surface area (Å²) in [5.74, 6) is -3.15. The molecule has 0 aromatic heterocycles. The highest BCUT2D eigenvalue weighted by molar-refractivity contribution is 5.79. The number of ether oxygens (including phenoxy) is 2. The zero-order valence-electron chi connectivity index (χ0n) is 26.6. The molecule has 278 valence electrons. The Labute approximate surface area is 287 Å². The van der Waals surface area contributed by atoms with Crippen LogP contribution in [0.2, 0.25) is 0 Å². The fourth-order valence-corrected chi connectivity index (χ4v) is 3.72. The SMILES string of the molecule is CCOC(=O)Cc1cc(CC(=O)OCC)c(N)cc1N.O=[N+]([O-])c1cc([N+](=O)[O-])c(O)c([N+](=O)[O-])c1.O=[N+]([O-])c1cc([N+](=O)[O-])c(O)c([N+](=O)[O-])c1. The first-order valence-corrected chi connectivity index (χ1v) is 13.7. The topological polar surface area (TPSA) is 404 Å². The predicted molar refractivity (Wildman–Crippen MR) is 172 cm³/mol. The fourth-order valence-electron chi connectivity index (χ4n) is 3.72. The van der Waals surface area contributed by atoms with Crippen molar-refractivity contribution >= 4 is 57.4 Å². The van der Waals surface area contributed by atoms with Crippen molar-refractivity contribution in [1.82, 2.24) is 0 Å². The summed E-state index contributed by atoms with van der Waals surface area (Å²) in [6.45, 7) is 4.08. The van der Waals surface area contributed by atoms with Crippen LogP contribution in [0.3, 0.4) is 0 Å². The number of nitro benzene ring substituents is 6. The Morgan fingerprint density at radius 3 is 1.02 bits per heavy atom. The second-order valence-corrected chi connectivity index (χ2v) is 9.42. The average molecular weight is 739 g/mol. The monoisotopic (exact) mass is 738 g/mol. The van der Waals surface area contributed by atoms with Gasteiger partial charge in [-0.3, -0.25) is 70.3 Å². The second-order valence-electron chi connectivity index (χ2n) is 9.42. The highest BCUT2D eigenvalue weighted by Crippen LogP contribution is 2.40. The van der Waals surface area contributed by atoms with Crippen molar-refractivity contribution in [3.05, 3.63) is 108 Å². The number of non-ortho nitro benzene ring substituents is 2. The Hall–Kier alpha value is -7.80. The molecule has 0 atom stereocenters. The van der Waals surface area contributed by atoms with Crippen LogP contribution in [0.5, 0.6) is 11.5 Å². The molecule has 0 unspecified atom stereocenters. The zero-order chi connectivity index (χ0) is 40.0. The van der Waals surface area contributed by atoms with E-state index in [2.05, 4.69) is 0 Å². The second kappa shape index (κ2) is 18.7. The number of phenols is 2. The summed E-state index contributed by atoms with van der Waals surface area (Å²) in [4.78, 5) is 78.5. The molecule has 0 amide bonds. The molecule has 52 heavy (non-hydrogen) atoms. The summed E-state index contributed by atoms with van der Waals surface area (Å²) in [6.07, 6.45) is 0.103. The number of rotatable bonds is 12. The smallest absolute Gasteiger partial charge is 0.324 e. The number of nitrogens with two attached hydrogens (primary N) is 2. The molecular weight excluding hydrogens is 712 g/mol. The minimum absolute atomic E-state index is 0.0514. The third-order valence-corrected chi connectivity index (χ3v) is 6.00. The summed E-state index contributed by atoms with van der Waals surface area (Å²) in [7, 11) is 0. The molecule has 0 bridgehead atoms. The van der Waals surface area contributed by atoms with E-state index in [4.69, 9.17) is 31.2 Å². The number of carbonyl (C=O) groups excluding carboxylic acids is 2. The fraction of sp³-hybridized carbons (Fsp3) is 0.231. The van der Waals surface area contributed by atoms with Crippen LogP contribution in [0.1, 0.15) is 25.0 Å². The van der Waals surface area contributed by atoms with Crippen molar-refractivity contribution in [2.75, 3.05) is 24.7 Å². The maximum atomic E-state index is 11.5. The standard InChI is InChI=1S/C14H20N2O4.2C6H3N3O7/c1-3-19-13(17)6-9-5-10(7-14(18)20-4-2)12(16)8-11(9)15;2*10-6-4(8(13)14)1-3(7(11)12)2-5(6)9(15)16/h5,8H,3-4,6-7,15-16H2,1-2H3;2*1-2,10H. The van der Waals surface area contributed by atoms with Gasteiger partial charge in [0.2, 0.25) is 0 Å². The van der Waals surface area contributed by atoms with Gasteiger partial charge in [0.1, 0.15) is 0 Å². The van der Waals surface area contributed by atoms with Gasteiger partial charge in [0.05, 0.1) is 79.9 Å². The molecule has 0 spiro atoms. The number of nitro groups is 6. The summed E-state index contributed by atoms with van der Waals surface area (Å²) >= 11 is 0. The number of hydrogen-bond donors (Lipinski definition) is 4. The molecule has 3 rings (SSSR count). The molecule has 3 aromatic rings. The van der Waals surface area contributed by atoms with Crippen LogP contribution in [0.25, 0.3) is 0 Å². The molecule has 0 heterocycles. The van der Waals surface area contributed by atoms with Gasteiger partial charge in [-0.1, -0.05) is 6.07 Å². The van der Waals surface area contributed by atoms with Gasteiger partial charge in [-0.25, -0.2) is 0 Å². The van der Waals surface area contributed by atoms with Crippen molar-refractivity contribution in [1.29, 1.82) is 0 Å². The Bertz CT molecular complexity index is 1730. The minimum Gasteiger partial charge on any atom is -0.497 e. The van der Waals surface area contributed by atoms with Crippen LogP contribution in [-0.2, 0) is 31.9 Å². The summed E-state index contributed by atoms with van der Waals surface area (Å²) < 4.78 is 9.75. The lowest BCUT2D eigenvalue weighted by Crippen LogP contribution is -2.13. The highest BCUT2D eigenvalue weighted by atomic mass is 16.7. The van der Waals surface area contributed by atoms with E-state index in [9.17, 15) is 70.3 Å². The number of phenolic OH excluding ortho intramolecular Hbond substituents is 2. The lowest BCUT2D eigenvalue weighted by molar-refractivity contribution is -0.404. The lowest BCUT2D eigenvalue weighted by Gasteiger charge is -2.11. The molecule has 26 heteroatoms. The Morgan fingerprint density at radius 1 is 0.538 bits per heavy atom. The average Bonchev–Trinajstić information content (AvgIpc) is 3.03. The van der Waals surface area contributed by atoms with Crippen molar-refractivity contribution in [2.24, 2.45) is 0 Å². The van der Waals surface area contributed by atoms with Gasteiger partial charge in [0.25, 0.3) is 22.9 Å². The van der Waals surface area contributed by atoms with Crippen molar-refractivity contribution in [3.8, 4) is 11.5 Å². The van der Waals surface area contributed by atoms with Gasteiger partial charge < -0.3 is 31.2 Å². The number of hydrogen-bond acceptors (Lipinski definition) is 20. The molecule has 3 aromatic carbocycles. The summed E-state index contributed by atoms with van der Waals surface area (Å²) in [5, 5.41) is 80.4. The third kappa shape index (κ3) is 11.7. The first-order valence-electron chi connectivity index (χ1n) is 13.7. The van der Waals surface area contributed by atoms with E-state index in [0.29, 0.717) is 60.0 Å². The number of nitrogens with zero attached hydrogens (tertiary/aromatic N) is 6. The van der Waals surface area contributed by atoms with Crippen molar-refractivity contribution in [2.45, 2.75) is 26.7 Å². The first kappa shape index (κ1) is 42.2. The number of aromatic hydroxyl groups is 2. The molecule has 6 N–H and O–H groups in total. The van der Waals surface area contributed by atoms with Crippen LogP contribution in [0, 0.1) is 60.7 Å².